The molecule has 0 bridgehead atoms. The standard InChI is InChI=1S/C6H14N2O2S/c1-11(10)5-4-8-3-2-6(7)9/h8H,2-5H2,1H3,(H2,7,9). The average Bonchev–Trinajstić information content (AvgIpc) is 1.85. The highest BCUT2D eigenvalue weighted by molar-refractivity contribution is 7.84. The van der Waals surface area contributed by atoms with Gasteiger partial charge in [0.05, 0.1) is 0 Å². The van der Waals surface area contributed by atoms with Gasteiger partial charge < -0.3 is 11.1 Å². The van der Waals surface area contributed by atoms with Gasteiger partial charge in [-0.2, -0.15) is 0 Å². The predicted octanol–water partition coefficient (Wildman–Crippen LogP) is -1.17. The summed E-state index contributed by atoms with van der Waals surface area (Å²) in [5, 5.41) is 2.95. The summed E-state index contributed by atoms with van der Waals surface area (Å²) in [4.78, 5) is 10.2. The molecule has 5 heteroatoms. The van der Waals surface area contributed by atoms with Gasteiger partial charge in [-0.15, -0.1) is 0 Å². The topological polar surface area (TPSA) is 72.2 Å². The Bertz CT molecular complexity index is 134. The average molecular weight is 178 g/mol. The molecule has 0 rings (SSSR count). The Labute approximate surface area is 69.0 Å². The number of nitrogens with two attached hydrogens (primary N) is 1. The van der Waals surface area contributed by atoms with Crippen LogP contribution in [0.2, 0.25) is 0 Å². The Balaban J connectivity index is 3.03. The van der Waals surface area contributed by atoms with Crippen molar-refractivity contribution in [2.75, 3.05) is 25.1 Å². The number of nitrogens with one attached hydrogen (secondary N) is 1. The number of amides is 1. The first-order chi connectivity index (χ1) is 5.13. The quantitative estimate of drug-likeness (QED) is 0.503. The third-order valence-electron chi connectivity index (χ3n) is 1.11. The van der Waals surface area contributed by atoms with Gasteiger partial charge in [-0.25, -0.2) is 0 Å². The van der Waals surface area contributed by atoms with Gasteiger partial charge in [0.1, 0.15) is 0 Å². The fraction of sp³-hybridized carbons (Fsp3) is 0.833. The number of carbonyl (C=O) groups excluding carboxylic acids is 1. The van der Waals surface area contributed by atoms with E-state index in [0.29, 0.717) is 25.3 Å². The van der Waals surface area contributed by atoms with Gasteiger partial charge in [0, 0.05) is 42.3 Å². The molecule has 0 saturated heterocycles. The Kier molecular flexibility index (Phi) is 6.06. The Hall–Kier alpha value is -0.420. The highest BCUT2D eigenvalue weighted by atomic mass is 32.2. The maximum atomic E-state index is 10.5. The van der Waals surface area contributed by atoms with E-state index in [0.717, 1.165) is 0 Å². The van der Waals surface area contributed by atoms with Crippen molar-refractivity contribution >= 4 is 16.7 Å². The lowest BCUT2D eigenvalue weighted by atomic mass is 10.4. The van der Waals surface area contributed by atoms with Crippen molar-refractivity contribution in [2.24, 2.45) is 5.73 Å². The zero-order chi connectivity index (χ0) is 8.69. The van der Waals surface area contributed by atoms with Crippen molar-refractivity contribution in [3.63, 3.8) is 0 Å². The molecule has 1 amide bonds. The van der Waals surface area contributed by atoms with Crippen LogP contribution in [0.1, 0.15) is 6.42 Å². The summed E-state index contributed by atoms with van der Waals surface area (Å²) in [5.74, 6) is 0.314. The molecular weight excluding hydrogens is 164 g/mol. The van der Waals surface area contributed by atoms with E-state index in [1.54, 1.807) is 6.26 Å². The van der Waals surface area contributed by atoms with Crippen molar-refractivity contribution in [2.45, 2.75) is 6.42 Å². The highest BCUT2D eigenvalue weighted by Crippen LogP contribution is 1.74. The molecule has 0 aromatic heterocycles. The molecule has 4 nitrogen and oxygen atoms in total. The van der Waals surface area contributed by atoms with Crippen LogP contribution in [-0.2, 0) is 15.6 Å². The zero-order valence-corrected chi connectivity index (χ0v) is 7.45. The van der Waals surface area contributed by atoms with Crippen LogP contribution in [0.5, 0.6) is 0 Å². The predicted molar refractivity (Wildman–Crippen MR) is 45.6 cm³/mol. The smallest absolute Gasteiger partial charge is 0.218 e. The van der Waals surface area contributed by atoms with E-state index in [1.807, 2.05) is 0 Å². The molecule has 0 radical (unpaired) electrons. The molecule has 0 saturated carbocycles. The van der Waals surface area contributed by atoms with Crippen LogP contribution < -0.4 is 11.1 Å². The molecule has 1 atom stereocenters. The van der Waals surface area contributed by atoms with Gasteiger partial charge in [-0.05, 0) is 0 Å². The summed E-state index contributed by atoms with van der Waals surface area (Å²) in [7, 11) is -0.758. The van der Waals surface area contributed by atoms with Gasteiger partial charge in [-0.1, -0.05) is 0 Å². The van der Waals surface area contributed by atoms with Crippen molar-refractivity contribution in [3.05, 3.63) is 0 Å². The lowest BCUT2D eigenvalue weighted by Gasteiger charge is -1.99. The second-order valence-electron chi connectivity index (χ2n) is 2.24. The Morgan fingerprint density at radius 2 is 2.18 bits per heavy atom. The molecule has 0 aliphatic heterocycles. The lowest BCUT2D eigenvalue weighted by molar-refractivity contribution is -0.117. The monoisotopic (exact) mass is 178 g/mol. The van der Waals surface area contributed by atoms with Crippen LogP contribution in [-0.4, -0.2) is 35.2 Å². The SMILES string of the molecule is CS(=O)CCNCCC(N)=O. The molecule has 0 spiro atoms. The number of rotatable bonds is 6. The van der Waals surface area contributed by atoms with Crippen LogP contribution in [0.25, 0.3) is 0 Å². The molecule has 0 aliphatic carbocycles. The van der Waals surface area contributed by atoms with Crippen LogP contribution in [0, 0.1) is 0 Å². The van der Waals surface area contributed by atoms with Crippen molar-refractivity contribution in [1.82, 2.24) is 5.32 Å². The van der Waals surface area contributed by atoms with Crippen LogP contribution in [0.3, 0.4) is 0 Å². The molecule has 3 N–H and O–H groups in total. The van der Waals surface area contributed by atoms with Crippen LogP contribution in [0.4, 0.5) is 0 Å². The molecule has 1 unspecified atom stereocenters. The van der Waals surface area contributed by atoms with Gasteiger partial charge in [0.15, 0.2) is 0 Å². The first-order valence-electron chi connectivity index (χ1n) is 3.42. The van der Waals surface area contributed by atoms with Gasteiger partial charge >= 0.3 is 0 Å². The number of primary amides is 1. The first kappa shape index (κ1) is 10.6. The minimum atomic E-state index is -0.758. The fourth-order valence-electron chi connectivity index (χ4n) is 0.552. The molecule has 66 valence electrons. The molecule has 0 aromatic carbocycles. The van der Waals surface area contributed by atoms with Gasteiger partial charge in [0.2, 0.25) is 5.91 Å². The maximum absolute atomic E-state index is 10.5. The van der Waals surface area contributed by atoms with Gasteiger partial charge in [0.25, 0.3) is 0 Å². The molecule has 0 heterocycles. The number of hydrogen-bond donors (Lipinski definition) is 2. The maximum Gasteiger partial charge on any atom is 0.218 e. The normalized spacial score (nSPS) is 12.8. The van der Waals surface area contributed by atoms with Gasteiger partial charge in [-0.3, -0.25) is 9.00 Å². The minimum absolute atomic E-state index is 0.310. The number of carbonyl (C=O) groups is 1. The molecular formula is C6H14N2O2S. The molecule has 0 aromatic rings. The third-order valence-corrected chi connectivity index (χ3v) is 1.89. The summed E-state index contributed by atoms with van der Waals surface area (Å²) < 4.78 is 10.5. The summed E-state index contributed by atoms with van der Waals surface area (Å²) in [6.45, 7) is 1.25. The van der Waals surface area contributed by atoms with E-state index in [-0.39, 0.29) is 5.91 Å². The zero-order valence-electron chi connectivity index (χ0n) is 6.63. The summed E-state index contributed by atoms with van der Waals surface area (Å²) in [6.07, 6.45) is 1.99. The van der Waals surface area contributed by atoms with Crippen molar-refractivity contribution < 1.29 is 9.00 Å². The van der Waals surface area contributed by atoms with E-state index >= 15 is 0 Å². The Morgan fingerprint density at radius 3 is 2.64 bits per heavy atom. The Morgan fingerprint density at radius 1 is 1.55 bits per heavy atom. The van der Waals surface area contributed by atoms with Crippen LogP contribution >= 0.6 is 0 Å². The fourth-order valence-corrected chi connectivity index (χ4v) is 0.984. The highest BCUT2D eigenvalue weighted by Gasteiger charge is 1.93. The van der Waals surface area contributed by atoms with Crippen LogP contribution in [0.15, 0.2) is 0 Å². The second-order valence-corrected chi connectivity index (χ2v) is 3.80. The second kappa shape index (κ2) is 6.30. The third kappa shape index (κ3) is 9.58. The molecule has 0 fully saturated rings. The largest absolute Gasteiger partial charge is 0.370 e. The summed E-state index contributed by atoms with van der Waals surface area (Å²) in [6, 6.07) is 0. The van der Waals surface area contributed by atoms with Crippen molar-refractivity contribution in [1.29, 1.82) is 0 Å². The van der Waals surface area contributed by atoms with E-state index in [4.69, 9.17) is 5.73 Å². The first-order valence-corrected chi connectivity index (χ1v) is 5.14. The molecule has 0 aliphatic rings. The van der Waals surface area contributed by atoms with E-state index in [2.05, 4.69) is 5.32 Å². The van der Waals surface area contributed by atoms with E-state index in [1.165, 1.54) is 0 Å². The lowest BCUT2D eigenvalue weighted by Crippen LogP contribution is -2.25. The summed E-state index contributed by atoms with van der Waals surface area (Å²) in [5.41, 5.74) is 4.90. The molecule has 11 heavy (non-hydrogen) atoms. The number of hydrogen-bond acceptors (Lipinski definition) is 3. The minimum Gasteiger partial charge on any atom is -0.370 e. The van der Waals surface area contributed by atoms with Crippen molar-refractivity contribution in [3.8, 4) is 0 Å². The van der Waals surface area contributed by atoms with E-state index < -0.39 is 10.8 Å². The van der Waals surface area contributed by atoms with E-state index in [9.17, 15) is 9.00 Å². The summed E-state index contributed by atoms with van der Waals surface area (Å²) >= 11 is 0.